The number of nitrogens with one attached hydrogen (secondary N) is 1. The van der Waals surface area contributed by atoms with Gasteiger partial charge in [0.05, 0.1) is 5.69 Å². The van der Waals surface area contributed by atoms with Gasteiger partial charge in [0.1, 0.15) is 11.1 Å². The van der Waals surface area contributed by atoms with Crippen molar-refractivity contribution in [1.82, 2.24) is 19.7 Å². The summed E-state index contributed by atoms with van der Waals surface area (Å²) in [4.78, 5) is 15.7. The molecule has 0 saturated heterocycles. The number of aromatic nitrogens is 4. The SMILES string of the molecule is CCOC(C)c1nc(CSc2n[nH]c(=O)n2C)cs1. The molecule has 0 radical (unpaired) electrons. The molecule has 0 saturated carbocycles. The van der Waals surface area contributed by atoms with Crippen LogP contribution < -0.4 is 5.69 Å². The quantitative estimate of drug-likeness (QED) is 0.826. The van der Waals surface area contributed by atoms with Crippen molar-refractivity contribution in [3.05, 3.63) is 26.6 Å². The number of thioether (sulfide) groups is 1. The van der Waals surface area contributed by atoms with E-state index in [1.165, 1.54) is 16.3 Å². The van der Waals surface area contributed by atoms with E-state index in [-0.39, 0.29) is 11.8 Å². The minimum absolute atomic E-state index is 0.0310. The van der Waals surface area contributed by atoms with Crippen LogP contribution in [-0.4, -0.2) is 26.4 Å². The average Bonchev–Trinajstić information content (AvgIpc) is 2.97. The maximum absolute atomic E-state index is 11.2. The Morgan fingerprint density at radius 2 is 2.42 bits per heavy atom. The normalized spacial score (nSPS) is 12.8. The van der Waals surface area contributed by atoms with Crippen molar-refractivity contribution in [2.45, 2.75) is 30.9 Å². The molecule has 2 rings (SSSR count). The average molecular weight is 300 g/mol. The van der Waals surface area contributed by atoms with Crippen LogP contribution in [0, 0.1) is 0 Å². The number of hydrogen-bond acceptors (Lipinski definition) is 6. The maximum Gasteiger partial charge on any atom is 0.343 e. The van der Waals surface area contributed by atoms with E-state index in [1.807, 2.05) is 19.2 Å². The van der Waals surface area contributed by atoms with E-state index < -0.39 is 0 Å². The van der Waals surface area contributed by atoms with Crippen LogP contribution in [0.25, 0.3) is 0 Å². The Bertz CT molecular complexity index is 590. The van der Waals surface area contributed by atoms with Crippen molar-refractivity contribution in [1.29, 1.82) is 0 Å². The van der Waals surface area contributed by atoms with Gasteiger partial charge in [0, 0.05) is 24.8 Å². The summed E-state index contributed by atoms with van der Waals surface area (Å²) in [7, 11) is 1.69. The molecular weight excluding hydrogens is 284 g/mol. The van der Waals surface area contributed by atoms with Crippen LogP contribution in [0.3, 0.4) is 0 Å². The van der Waals surface area contributed by atoms with E-state index >= 15 is 0 Å². The molecule has 8 heteroatoms. The fourth-order valence-electron chi connectivity index (χ4n) is 1.50. The van der Waals surface area contributed by atoms with E-state index in [1.54, 1.807) is 18.4 Å². The first-order valence-corrected chi connectivity index (χ1v) is 7.78. The van der Waals surface area contributed by atoms with E-state index in [2.05, 4.69) is 15.2 Å². The third-order valence-electron chi connectivity index (χ3n) is 2.52. The molecule has 0 spiro atoms. The molecule has 0 fully saturated rings. The molecule has 104 valence electrons. The van der Waals surface area contributed by atoms with Gasteiger partial charge in [0.15, 0.2) is 5.16 Å². The van der Waals surface area contributed by atoms with Gasteiger partial charge in [0.25, 0.3) is 0 Å². The summed E-state index contributed by atoms with van der Waals surface area (Å²) in [6.07, 6.45) is 0.0310. The predicted molar refractivity (Wildman–Crippen MR) is 75.5 cm³/mol. The second kappa shape index (κ2) is 6.36. The first-order valence-electron chi connectivity index (χ1n) is 5.92. The minimum atomic E-state index is -0.202. The lowest BCUT2D eigenvalue weighted by Crippen LogP contribution is -2.12. The van der Waals surface area contributed by atoms with Crippen LogP contribution in [0.15, 0.2) is 15.3 Å². The van der Waals surface area contributed by atoms with Crippen molar-refractivity contribution in [2.75, 3.05) is 6.61 Å². The topological polar surface area (TPSA) is 72.8 Å². The van der Waals surface area contributed by atoms with Gasteiger partial charge in [-0.3, -0.25) is 4.57 Å². The molecule has 2 heterocycles. The molecule has 19 heavy (non-hydrogen) atoms. The van der Waals surface area contributed by atoms with Crippen LogP contribution in [0.4, 0.5) is 0 Å². The molecule has 1 unspecified atom stereocenters. The first kappa shape index (κ1) is 14.3. The molecule has 6 nitrogen and oxygen atoms in total. The fraction of sp³-hybridized carbons (Fsp3) is 0.545. The van der Waals surface area contributed by atoms with E-state index in [0.29, 0.717) is 17.5 Å². The monoisotopic (exact) mass is 300 g/mol. The van der Waals surface area contributed by atoms with Gasteiger partial charge in [-0.15, -0.1) is 16.4 Å². The summed E-state index contributed by atoms with van der Waals surface area (Å²) in [5, 5.41) is 10.0. The Kier molecular flexibility index (Phi) is 4.78. The van der Waals surface area contributed by atoms with E-state index in [4.69, 9.17) is 4.74 Å². The minimum Gasteiger partial charge on any atom is -0.372 e. The lowest BCUT2D eigenvalue weighted by Gasteiger charge is -2.06. The number of thiazole rings is 1. The van der Waals surface area contributed by atoms with E-state index in [0.717, 1.165) is 10.7 Å². The Hall–Kier alpha value is -1.12. The number of H-pyrrole nitrogens is 1. The molecule has 0 aliphatic rings. The zero-order valence-corrected chi connectivity index (χ0v) is 12.7. The number of hydrogen-bond donors (Lipinski definition) is 1. The maximum atomic E-state index is 11.2. The van der Waals surface area contributed by atoms with Gasteiger partial charge in [-0.1, -0.05) is 11.8 Å². The number of nitrogens with zero attached hydrogens (tertiary/aromatic N) is 3. The largest absolute Gasteiger partial charge is 0.372 e. The van der Waals surface area contributed by atoms with Crippen molar-refractivity contribution in [3.8, 4) is 0 Å². The molecule has 0 aliphatic heterocycles. The van der Waals surface area contributed by atoms with Crippen molar-refractivity contribution < 1.29 is 4.74 Å². The highest BCUT2D eigenvalue weighted by Crippen LogP contribution is 2.25. The zero-order chi connectivity index (χ0) is 13.8. The van der Waals surface area contributed by atoms with Gasteiger partial charge in [-0.2, -0.15) is 0 Å². The summed E-state index contributed by atoms with van der Waals surface area (Å²) < 4.78 is 6.99. The Morgan fingerprint density at radius 3 is 3.05 bits per heavy atom. The van der Waals surface area contributed by atoms with Crippen LogP contribution in [-0.2, 0) is 17.5 Å². The smallest absolute Gasteiger partial charge is 0.343 e. The second-order valence-electron chi connectivity index (χ2n) is 3.93. The zero-order valence-electron chi connectivity index (χ0n) is 11.0. The molecule has 2 aromatic heterocycles. The highest BCUT2D eigenvalue weighted by molar-refractivity contribution is 7.98. The van der Waals surface area contributed by atoms with Crippen LogP contribution in [0.1, 0.15) is 30.7 Å². The molecule has 0 bridgehead atoms. The van der Waals surface area contributed by atoms with Gasteiger partial charge < -0.3 is 4.74 Å². The lowest BCUT2D eigenvalue weighted by atomic mass is 10.4. The first-order chi connectivity index (χ1) is 9.11. The summed E-state index contributed by atoms with van der Waals surface area (Å²) in [5.74, 6) is 0.688. The van der Waals surface area contributed by atoms with Gasteiger partial charge in [-0.25, -0.2) is 14.9 Å². The molecule has 0 amide bonds. The molecule has 2 aromatic rings. The van der Waals surface area contributed by atoms with Crippen LogP contribution in [0.5, 0.6) is 0 Å². The van der Waals surface area contributed by atoms with Crippen molar-refractivity contribution in [2.24, 2.45) is 7.05 Å². The van der Waals surface area contributed by atoms with Crippen molar-refractivity contribution >= 4 is 23.1 Å². The molecular formula is C11H16N4O2S2. The molecule has 1 atom stereocenters. The third kappa shape index (κ3) is 3.46. The summed E-state index contributed by atoms with van der Waals surface area (Å²) in [5.41, 5.74) is 0.776. The highest BCUT2D eigenvalue weighted by Gasteiger charge is 2.11. The number of rotatable bonds is 6. The molecule has 0 aromatic carbocycles. The van der Waals surface area contributed by atoms with Crippen LogP contribution >= 0.6 is 23.1 Å². The standard InChI is InChI=1S/C11H16N4O2S2/c1-4-17-7(2)9-12-8(5-18-9)6-19-11-14-13-10(16)15(11)3/h5,7H,4,6H2,1-3H3,(H,13,16). The van der Waals surface area contributed by atoms with Gasteiger partial charge >= 0.3 is 5.69 Å². The van der Waals surface area contributed by atoms with E-state index in [9.17, 15) is 4.79 Å². The third-order valence-corrected chi connectivity index (χ3v) is 4.64. The molecule has 0 aliphatic carbocycles. The summed E-state index contributed by atoms with van der Waals surface area (Å²) in [6, 6.07) is 0. The fourth-order valence-corrected chi connectivity index (χ4v) is 3.24. The Morgan fingerprint density at radius 1 is 1.63 bits per heavy atom. The molecule has 1 N–H and O–H groups in total. The Labute approximate surface area is 119 Å². The van der Waals surface area contributed by atoms with Crippen LogP contribution in [0.2, 0.25) is 0 Å². The van der Waals surface area contributed by atoms with Gasteiger partial charge in [0.2, 0.25) is 0 Å². The number of aromatic amines is 1. The highest BCUT2D eigenvalue weighted by atomic mass is 32.2. The summed E-state index contributed by atoms with van der Waals surface area (Å²) >= 11 is 3.08. The van der Waals surface area contributed by atoms with Gasteiger partial charge in [-0.05, 0) is 13.8 Å². The number of ether oxygens (including phenoxy) is 1. The Balaban J connectivity index is 1.97. The summed E-state index contributed by atoms with van der Waals surface area (Å²) in [6.45, 7) is 4.65. The predicted octanol–water partition coefficient (Wildman–Crippen LogP) is 1.95. The lowest BCUT2D eigenvalue weighted by molar-refractivity contribution is 0.0761. The second-order valence-corrected chi connectivity index (χ2v) is 5.77. The van der Waals surface area contributed by atoms with Crippen molar-refractivity contribution in [3.63, 3.8) is 0 Å².